The third kappa shape index (κ3) is 5.42. The lowest BCUT2D eigenvalue weighted by molar-refractivity contribution is 1.16. The molecular formula is C54H34N6. The van der Waals surface area contributed by atoms with Gasteiger partial charge in [-0.15, -0.1) is 0 Å². The Morgan fingerprint density at radius 1 is 0.267 bits per heavy atom. The minimum Gasteiger partial charge on any atom is -0.309 e. The Balaban J connectivity index is 1.10. The average Bonchev–Trinajstić information content (AvgIpc) is 3.84. The van der Waals surface area contributed by atoms with Gasteiger partial charge in [0.25, 0.3) is 0 Å². The molecule has 0 N–H and O–H groups in total. The van der Waals surface area contributed by atoms with Gasteiger partial charge in [-0.05, 0) is 72.8 Å². The van der Waals surface area contributed by atoms with Crippen LogP contribution in [0.15, 0.2) is 206 Å². The maximum absolute atomic E-state index is 5.38. The van der Waals surface area contributed by atoms with Crippen molar-refractivity contribution < 1.29 is 0 Å². The van der Waals surface area contributed by atoms with Gasteiger partial charge in [0.05, 0.1) is 22.1 Å². The number of hydrogen-bond donors (Lipinski definition) is 0. The van der Waals surface area contributed by atoms with Crippen molar-refractivity contribution in [3.05, 3.63) is 206 Å². The molecule has 0 radical (unpaired) electrons. The van der Waals surface area contributed by atoms with Crippen molar-refractivity contribution in [1.29, 1.82) is 0 Å². The quantitative estimate of drug-likeness (QED) is 0.169. The van der Waals surface area contributed by atoms with Crippen LogP contribution in [0.3, 0.4) is 0 Å². The van der Waals surface area contributed by atoms with E-state index in [1.807, 2.05) is 36.4 Å². The summed E-state index contributed by atoms with van der Waals surface area (Å²) in [6.07, 6.45) is 0. The summed E-state index contributed by atoms with van der Waals surface area (Å²) >= 11 is 0. The van der Waals surface area contributed by atoms with Gasteiger partial charge in [-0.2, -0.15) is 0 Å². The zero-order valence-corrected chi connectivity index (χ0v) is 32.3. The van der Waals surface area contributed by atoms with Crippen LogP contribution in [0.25, 0.3) is 111 Å². The molecule has 0 saturated heterocycles. The van der Waals surface area contributed by atoms with Gasteiger partial charge in [0.15, 0.2) is 11.6 Å². The van der Waals surface area contributed by atoms with Gasteiger partial charge >= 0.3 is 0 Å². The molecule has 0 aliphatic carbocycles. The fourth-order valence-corrected chi connectivity index (χ4v) is 8.80. The van der Waals surface area contributed by atoms with Crippen molar-refractivity contribution in [2.24, 2.45) is 0 Å². The lowest BCUT2D eigenvalue weighted by atomic mass is 10.0. The summed E-state index contributed by atoms with van der Waals surface area (Å²) in [4.78, 5) is 21.5. The second-order valence-corrected chi connectivity index (χ2v) is 15.1. The molecule has 6 nitrogen and oxygen atoms in total. The first-order valence-electron chi connectivity index (χ1n) is 20.2. The molecular weight excluding hydrogens is 733 g/mol. The van der Waals surface area contributed by atoms with Crippen LogP contribution in [0.4, 0.5) is 0 Å². The van der Waals surface area contributed by atoms with E-state index in [0.717, 1.165) is 77.9 Å². The zero-order valence-electron chi connectivity index (χ0n) is 32.3. The largest absolute Gasteiger partial charge is 0.309 e. The third-order valence-electron chi connectivity index (χ3n) is 11.5. The van der Waals surface area contributed by atoms with E-state index >= 15 is 0 Å². The fraction of sp³-hybridized carbons (Fsp3) is 0. The summed E-state index contributed by atoms with van der Waals surface area (Å²) in [7, 11) is 0. The molecule has 0 spiro atoms. The molecule has 0 aliphatic rings. The average molecular weight is 767 g/mol. The van der Waals surface area contributed by atoms with E-state index in [1.54, 1.807) is 0 Å². The third-order valence-corrected chi connectivity index (χ3v) is 11.5. The monoisotopic (exact) mass is 766 g/mol. The van der Waals surface area contributed by atoms with Crippen LogP contribution >= 0.6 is 0 Å². The predicted octanol–water partition coefficient (Wildman–Crippen LogP) is 13.3. The highest BCUT2D eigenvalue weighted by molar-refractivity contribution is 6.12. The van der Waals surface area contributed by atoms with Gasteiger partial charge in [-0.1, -0.05) is 133 Å². The van der Waals surface area contributed by atoms with Crippen LogP contribution in [0.5, 0.6) is 0 Å². The molecule has 0 aliphatic heterocycles. The maximum Gasteiger partial charge on any atom is 0.160 e. The Kier molecular flexibility index (Phi) is 7.74. The smallest absolute Gasteiger partial charge is 0.160 e. The molecule has 0 fully saturated rings. The maximum atomic E-state index is 5.38. The van der Waals surface area contributed by atoms with E-state index in [9.17, 15) is 0 Å². The topological polar surface area (TPSA) is 61.4 Å². The van der Waals surface area contributed by atoms with Crippen molar-refractivity contribution >= 4 is 54.6 Å². The SMILES string of the molecule is c1ccc(-c2nc(-c3ccc4c(c3)c3ccccc3n4-c3ccccc3)nc3c(-c4ccccc4)nc(-c4ccc5c(c4)c4ccccc4n5-c4ccccc4)nc23)cc1. The van der Waals surface area contributed by atoms with Gasteiger partial charge in [0.2, 0.25) is 0 Å². The van der Waals surface area contributed by atoms with Gasteiger partial charge in [0.1, 0.15) is 22.4 Å². The van der Waals surface area contributed by atoms with Crippen LogP contribution in [0, 0.1) is 0 Å². The molecule has 8 aromatic carbocycles. The number of benzene rings is 8. The number of fused-ring (bicyclic) bond motifs is 7. The standard InChI is InChI=1S/C54H34N6/c1-5-17-35(18-6-1)49-51-52(58-53(55-49)37-29-31-47-43(33-37)41-25-13-15-27-45(41)59(47)39-21-9-3-10-22-39)50(36-19-7-2-8-20-36)56-54(57-51)38-30-32-48-44(34-38)42-26-14-16-28-46(42)60(48)40-23-11-4-12-24-40/h1-34H. The minimum absolute atomic E-state index is 0.614. The van der Waals surface area contributed by atoms with Gasteiger partial charge in [0, 0.05) is 55.2 Å². The van der Waals surface area contributed by atoms with Crippen molar-refractivity contribution in [1.82, 2.24) is 29.1 Å². The van der Waals surface area contributed by atoms with Crippen LogP contribution in [-0.4, -0.2) is 29.1 Å². The first-order chi connectivity index (χ1) is 29.8. The van der Waals surface area contributed by atoms with Crippen molar-refractivity contribution in [2.45, 2.75) is 0 Å². The zero-order chi connectivity index (χ0) is 39.6. The minimum atomic E-state index is 0.614. The van der Waals surface area contributed by atoms with E-state index in [-0.39, 0.29) is 0 Å². The summed E-state index contributed by atoms with van der Waals surface area (Å²) in [5, 5.41) is 4.61. The van der Waals surface area contributed by atoms with E-state index in [0.29, 0.717) is 22.7 Å². The van der Waals surface area contributed by atoms with Gasteiger partial charge in [-0.3, -0.25) is 0 Å². The molecule has 4 aromatic heterocycles. The van der Waals surface area contributed by atoms with Crippen LogP contribution in [-0.2, 0) is 0 Å². The molecule has 60 heavy (non-hydrogen) atoms. The lowest BCUT2D eigenvalue weighted by Crippen LogP contribution is -2.02. The van der Waals surface area contributed by atoms with E-state index in [2.05, 4.69) is 179 Å². The van der Waals surface area contributed by atoms with E-state index in [1.165, 1.54) is 10.8 Å². The Hall–Kier alpha value is -8.22. The number of rotatable bonds is 6. The molecule has 6 heteroatoms. The Labute approximate surface area is 345 Å². The number of aromatic nitrogens is 6. The van der Waals surface area contributed by atoms with Crippen molar-refractivity contribution in [3.63, 3.8) is 0 Å². The molecule has 0 atom stereocenters. The summed E-state index contributed by atoms with van der Waals surface area (Å²) < 4.78 is 4.65. The predicted molar refractivity (Wildman–Crippen MR) is 246 cm³/mol. The first-order valence-corrected chi connectivity index (χ1v) is 20.2. The second kappa shape index (κ2) is 13.7. The molecule has 12 aromatic rings. The highest BCUT2D eigenvalue weighted by atomic mass is 15.0. The summed E-state index contributed by atoms with van der Waals surface area (Å²) in [6, 6.07) is 71.9. The molecule has 4 heterocycles. The van der Waals surface area contributed by atoms with Crippen LogP contribution in [0.2, 0.25) is 0 Å². The first kappa shape index (κ1) is 33.9. The van der Waals surface area contributed by atoms with Gasteiger partial charge < -0.3 is 9.13 Å². The van der Waals surface area contributed by atoms with Crippen molar-refractivity contribution in [2.75, 3.05) is 0 Å². The van der Waals surface area contributed by atoms with Crippen LogP contribution in [0.1, 0.15) is 0 Å². The van der Waals surface area contributed by atoms with Crippen LogP contribution < -0.4 is 0 Å². The molecule has 0 amide bonds. The number of nitrogens with zero attached hydrogens (tertiary/aromatic N) is 6. The Morgan fingerprint density at radius 3 is 1.03 bits per heavy atom. The van der Waals surface area contributed by atoms with E-state index in [4.69, 9.17) is 19.9 Å². The number of hydrogen-bond acceptors (Lipinski definition) is 4. The normalized spacial score (nSPS) is 11.7. The highest BCUT2D eigenvalue weighted by Gasteiger charge is 2.22. The highest BCUT2D eigenvalue weighted by Crippen LogP contribution is 2.39. The second-order valence-electron chi connectivity index (χ2n) is 15.1. The molecule has 0 bridgehead atoms. The molecule has 0 saturated carbocycles. The van der Waals surface area contributed by atoms with E-state index < -0.39 is 0 Å². The molecule has 280 valence electrons. The Bertz CT molecular complexity index is 3340. The summed E-state index contributed by atoms with van der Waals surface area (Å²) in [6.45, 7) is 0. The summed E-state index contributed by atoms with van der Waals surface area (Å²) in [5.41, 5.74) is 13.4. The van der Waals surface area contributed by atoms with Crippen molar-refractivity contribution in [3.8, 4) is 56.7 Å². The fourth-order valence-electron chi connectivity index (χ4n) is 8.80. The lowest BCUT2D eigenvalue weighted by Gasteiger charge is -2.14. The van der Waals surface area contributed by atoms with Gasteiger partial charge in [-0.25, -0.2) is 19.9 Å². The molecule has 12 rings (SSSR count). The Morgan fingerprint density at radius 2 is 0.617 bits per heavy atom. The number of para-hydroxylation sites is 4. The summed E-state index contributed by atoms with van der Waals surface area (Å²) in [5.74, 6) is 1.23. The molecule has 0 unspecified atom stereocenters.